The fourth-order valence-electron chi connectivity index (χ4n) is 2.38. The van der Waals surface area contributed by atoms with E-state index in [2.05, 4.69) is 25.3 Å². The minimum absolute atomic E-state index is 0.487. The van der Waals surface area contributed by atoms with Crippen LogP contribution in [0.25, 0.3) is 22.6 Å². The summed E-state index contributed by atoms with van der Waals surface area (Å²) in [6, 6.07) is 17.3. The lowest BCUT2D eigenvalue weighted by atomic mass is 10.1. The molecule has 1 N–H and O–H groups in total. The van der Waals surface area contributed by atoms with Gasteiger partial charge in [-0.05, 0) is 18.2 Å². The molecule has 0 saturated heterocycles. The third-order valence-electron chi connectivity index (χ3n) is 3.54. The van der Waals surface area contributed by atoms with Gasteiger partial charge in [0.2, 0.25) is 5.95 Å². The zero-order chi connectivity index (χ0) is 16.9. The zero-order valence-electron chi connectivity index (χ0n) is 13.2. The van der Waals surface area contributed by atoms with Crippen LogP contribution in [0.2, 0.25) is 0 Å². The monoisotopic (exact) mass is 326 g/mol. The SMILES string of the molecule is c1ccc(-c2nc(Nc3ncccn3)cc(-c3ccncc3)n2)cc1. The lowest BCUT2D eigenvalue weighted by Crippen LogP contribution is -2.01. The summed E-state index contributed by atoms with van der Waals surface area (Å²) < 4.78 is 0. The molecule has 4 rings (SSSR count). The van der Waals surface area contributed by atoms with Gasteiger partial charge in [0.25, 0.3) is 0 Å². The Morgan fingerprint density at radius 1 is 0.680 bits per heavy atom. The average molecular weight is 326 g/mol. The maximum absolute atomic E-state index is 4.70. The minimum atomic E-state index is 0.487. The molecular weight excluding hydrogens is 312 g/mol. The van der Waals surface area contributed by atoms with Gasteiger partial charge in [-0.15, -0.1) is 0 Å². The molecule has 0 spiro atoms. The highest BCUT2D eigenvalue weighted by molar-refractivity contribution is 5.68. The Balaban J connectivity index is 1.80. The van der Waals surface area contributed by atoms with Crippen LogP contribution in [0.5, 0.6) is 0 Å². The van der Waals surface area contributed by atoms with Crippen LogP contribution in [-0.4, -0.2) is 24.9 Å². The number of hydrogen-bond acceptors (Lipinski definition) is 6. The molecule has 0 bridgehead atoms. The lowest BCUT2D eigenvalue weighted by molar-refractivity contribution is 1.13. The van der Waals surface area contributed by atoms with Crippen LogP contribution in [0.1, 0.15) is 0 Å². The average Bonchev–Trinajstić information content (AvgIpc) is 2.70. The van der Waals surface area contributed by atoms with Gasteiger partial charge in [-0.25, -0.2) is 19.9 Å². The van der Waals surface area contributed by atoms with Gasteiger partial charge in [0.15, 0.2) is 5.82 Å². The standard InChI is InChI=1S/C19H14N6/c1-2-5-15(6-3-1)18-23-16(14-7-11-20-12-8-14)13-17(24-18)25-19-21-9-4-10-22-19/h1-13H,(H,21,22,23,24,25). The molecule has 0 saturated carbocycles. The number of rotatable bonds is 4. The summed E-state index contributed by atoms with van der Waals surface area (Å²) in [6.07, 6.45) is 6.84. The van der Waals surface area contributed by atoms with Crippen molar-refractivity contribution < 1.29 is 0 Å². The summed E-state index contributed by atoms with van der Waals surface area (Å²) in [4.78, 5) is 21.7. The number of benzene rings is 1. The van der Waals surface area contributed by atoms with Gasteiger partial charge in [-0.2, -0.15) is 0 Å². The van der Waals surface area contributed by atoms with Crippen molar-refractivity contribution in [3.05, 3.63) is 79.4 Å². The molecule has 0 fully saturated rings. The number of nitrogens with one attached hydrogen (secondary N) is 1. The molecule has 0 aliphatic heterocycles. The predicted octanol–water partition coefficient (Wildman–Crippen LogP) is 3.74. The van der Waals surface area contributed by atoms with E-state index in [0.717, 1.165) is 16.8 Å². The van der Waals surface area contributed by atoms with Gasteiger partial charge in [-0.3, -0.25) is 4.98 Å². The Kier molecular flexibility index (Phi) is 4.07. The van der Waals surface area contributed by atoms with E-state index < -0.39 is 0 Å². The molecule has 0 aliphatic rings. The fourth-order valence-corrected chi connectivity index (χ4v) is 2.38. The zero-order valence-corrected chi connectivity index (χ0v) is 13.2. The van der Waals surface area contributed by atoms with Crippen LogP contribution in [0, 0.1) is 0 Å². The van der Waals surface area contributed by atoms with Gasteiger partial charge >= 0.3 is 0 Å². The van der Waals surface area contributed by atoms with Crippen molar-refractivity contribution in [1.29, 1.82) is 0 Å². The van der Waals surface area contributed by atoms with Gasteiger partial charge < -0.3 is 5.32 Å². The molecule has 25 heavy (non-hydrogen) atoms. The molecule has 0 atom stereocenters. The van der Waals surface area contributed by atoms with Crippen molar-refractivity contribution in [2.45, 2.75) is 0 Å². The van der Waals surface area contributed by atoms with Crippen molar-refractivity contribution in [2.24, 2.45) is 0 Å². The first-order valence-corrected chi connectivity index (χ1v) is 7.77. The summed E-state index contributed by atoms with van der Waals surface area (Å²) >= 11 is 0. The third kappa shape index (κ3) is 3.48. The third-order valence-corrected chi connectivity index (χ3v) is 3.54. The topological polar surface area (TPSA) is 76.5 Å². The summed E-state index contributed by atoms with van der Waals surface area (Å²) in [5.41, 5.74) is 2.71. The molecule has 4 aromatic rings. The summed E-state index contributed by atoms with van der Waals surface area (Å²) in [6.45, 7) is 0. The normalized spacial score (nSPS) is 10.4. The molecule has 0 amide bonds. The summed E-state index contributed by atoms with van der Waals surface area (Å²) in [7, 11) is 0. The maximum atomic E-state index is 4.70. The molecular formula is C19H14N6. The van der Waals surface area contributed by atoms with E-state index in [1.807, 2.05) is 48.5 Å². The molecule has 3 aromatic heterocycles. The second-order valence-electron chi connectivity index (χ2n) is 5.26. The Morgan fingerprint density at radius 2 is 1.44 bits per heavy atom. The largest absolute Gasteiger partial charge is 0.309 e. The Bertz CT molecular complexity index is 901. The van der Waals surface area contributed by atoms with Crippen LogP contribution >= 0.6 is 0 Å². The minimum Gasteiger partial charge on any atom is -0.309 e. The molecule has 6 nitrogen and oxygen atoms in total. The number of pyridine rings is 1. The maximum Gasteiger partial charge on any atom is 0.228 e. The molecule has 3 heterocycles. The van der Waals surface area contributed by atoms with E-state index in [9.17, 15) is 0 Å². The van der Waals surface area contributed by atoms with Crippen LogP contribution in [0.15, 0.2) is 79.4 Å². The molecule has 1 aromatic carbocycles. The predicted molar refractivity (Wildman–Crippen MR) is 96.0 cm³/mol. The van der Waals surface area contributed by atoms with Crippen LogP contribution < -0.4 is 5.32 Å². The number of anilines is 2. The van der Waals surface area contributed by atoms with E-state index in [1.165, 1.54) is 0 Å². The van der Waals surface area contributed by atoms with E-state index in [0.29, 0.717) is 17.6 Å². The second kappa shape index (κ2) is 6.84. The smallest absolute Gasteiger partial charge is 0.228 e. The Hall–Kier alpha value is -3.67. The number of nitrogens with zero attached hydrogens (tertiary/aromatic N) is 5. The van der Waals surface area contributed by atoms with Crippen LogP contribution in [-0.2, 0) is 0 Å². The van der Waals surface area contributed by atoms with E-state index in [4.69, 9.17) is 4.98 Å². The first-order valence-electron chi connectivity index (χ1n) is 7.77. The highest BCUT2D eigenvalue weighted by Crippen LogP contribution is 2.24. The van der Waals surface area contributed by atoms with Crippen molar-refractivity contribution in [2.75, 3.05) is 5.32 Å². The second-order valence-corrected chi connectivity index (χ2v) is 5.26. The Morgan fingerprint density at radius 3 is 2.20 bits per heavy atom. The molecule has 0 radical (unpaired) electrons. The lowest BCUT2D eigenvalue weighted by Gasteiger charge is -2.09. The molecule has 6 heteroatoms. The van der Waals surface area contributed by atoms with Gasteiger partial charge in [-0.1, -0.05) is 30.3 Å². The quantitative estimate of drug-likeness (QED) is 0.615. The molecule has 120 valence electrons. The Labute approximate surface area is 144 Å². The van der Waals surface area contributed by atoms with Gasteiger partial charge in [0.1, 0.15) is 5.82 Å². The first kappa shape index (κ1) is 14.9. The molecule has 0 unspecified atom stereocenters. The van der Waals surface area contributed by atoms with Crippen LogP contribution in [0.4, 0.5) is 11.8 Å². The number of aromatic nitrogens is 5. The van der Waals surface area contributed by atoms with E-state index in [1.54, 1.807) is 30.9 Å². The van der Waals surface area contributed by atoms with Gasteiger partial charge in [0, 0.05) is 42.0 Å². The fraction of sp³-hybridized carbons (Fsp3) is 0. The van der Waals surface area contributed by atoms with Crippen molar-refractivity contribution in [3.63, 3.8) is 0 Å². The van der Waals surface area contributed by atoms with Crippen molar-refractivity contribution >= 4 is 11.8 Å². The van der Waals surface area contributed by atoms with E-state index in [-0.39, 0.29) is 0 Å². The van der Waals surface area contributed by atoms with Crippen LogP contribution in [0.3, 0.4) is 0 Å². The highest BCUT2D eigenvalue weighted by Gasteiger charge is 2.09. The molecule has 0 aliphatic carbocycles. The first-order chi connectivity index (χ1) is 12.4. The summed E-state index contributed by atoms with van der Waals surface area (Å²) in [5, 5.41) is 3.14. The highest BCUT2D eigenvalue weighted by atomic mass is 15.1. The van der Waals surface area contributed by atoms with E-state index >= 15 is 0 Å². The summed E-state index contributed by atoms with van der Waals surface area (Å²) in [5.74, 6) is 1.75. The van der Waals surface area contributed by atoms with Gasteiger partial charge in [0.05, 0.1) is 5.69 Å². The number of hydrogen-bond donors (Lipinski definition) is 1. The van der Waals surface area contributed by atoms with Crippen molar-refractivity contribution in [3.8, 4) is 22.6 Å². The van der Waals surface area contributed by atoms with Crippen molar-refractivity contribution in [1.82, 2.24) is 24.9 Å².